The SMILES string of the molecule is CCCCC(=O)Oc1c2ccccc2c(OC(=O)CCCC)c2c(C(C)(C)C)cccc12. The molecule has 3 aromatic carbocycles. The van der Waals surface area contributed by atoms with E-state index in [1.165, 1.54) is 0 Å². The number of fused-ring (bicyclic) bond motifs is 2. The highest BCUT2D eigenvalue weighted by atomic mass is 16.5. The van der Waals surface area contributed by atoms with Gasteiger partial charge in [0, 0.05) is 34.4 Å². The van der Waals surface area contributed by atoms with E-state index in [9.17, 15) is 9.59 Å². The van der Waals surface area contributed by atoms with Gasteiger partial charge in [0.1, 0.15) is 11.5 Å². The molecule has 3 rings (SSSR count). The summed E-state index contributed by atoms with van der Waals surface area (Å²) in [6.45, 7) is 10.5. The van der Waals surface area contributed by atoms with Gasteiger partial charge in [-0.3, -0.25) is 9.59 Å². The van der Waals surface area contributed by atoms with Crippen LogP contribution in [0, 0.1) is 0 Å². The van der Waals surface area contributed by atoms with Gasteiger partial charge < -0.3 is 9.47 Å². The molecule has 0 bridgehead atoms. The van der Waals surface area contributed by atoms with E-state index in [0.717, 1.165) is 52.8 Å². The van der Waals surface area contributed by atoms with Crippen LogP contribution in [0.25, 0.3) is 21.5 Å². The standard InChI is InChI=1S/C28H34O4/c1-6-8-17-23(29)31-26-19-13-10-11-14-20(19)27(32-24(30)18-9-7-2)25-21(26)15-12-16-22(25)28(3,4)5/h10-16H,6-9,17-18H2,1-5H3. The minimum absolute atomic E-state index is 0.198. The van der Waals surface area contributed by atoms with Crippen molar-refractivity contribution in [3.63, 3.8) is 0 Å². The summed E-state index contributed by atoms with van der Waals surface area (Å²) >= 11 is 0. The van der Waals surface area contributed by atoms with Crippen LogP contribution >= 0.6 is 0 Å². The first-order valence-electron chi connectivity index (χ1n) is 11.7. The lowest BCUT2D eigenvalue weighted by atomic mass is 9.82. The Hall–Kier alpha value is -2.88. The molecule has 170 valence electrons. The van der Waals surface area contributed by atoms with E-state index in [1.807, 2.05) is 36.4 Å². The molecule has 0 fully saturated rings. The highest BCUT2D eigenvalue weighted by molar-refractivity contribution is 6.14. The van der Waals surface area contributed by atoms with Crippen molar-refractivity contribution in [1.29, 1.82) is 0 Å². The van der Waals surface area contributed by atoms with Crippen LogP contribution in [0.3, 0.4) is 0 Å². The van der Waals surface area contributed by atoms with Gasteiger partial charge in [-0.1, -0.05) is 89.9 Å². The molecule has 0 saturated heterocycles. The van der Waals surface area contributed by atoms with Gasteiger partial charge in [-0.2, -0.15) is 0 Å². The third-order valence-corrected chi connectivity index (χ3v) is 5.66. The monoisotopic (exact) mass is 434 g/mol. The van der Waals surface area contributed by atoms with Crippen LogP contribution in [0.5, 0.6) is 11.5 Å². The summed E-state index contributed by atoms with van der Waals surface area (Å²) in [5, 5.41) is 3.18. The number of hydrogen-bond acceptors (Lipinski definition) is 4. The number of rotatable bonds is 8. The van der Waals surface area contributed by atoms with Gasteiger partial charge in [-0.05, 0) is 23.8 Å². The molecule has 0 aliphatic rings. The predicted octanol–water partition coefficient (Wildman–Crippen LogP) is 7.48. The summed E-state index contributed by atoms with van der Waals surface area (Å²) in [6.07, 6.45) is 4.17. The number of ether oxygens (including phenoxy) is 2. The van der Waals surface area contributed by atoms with E-state index in [-0.39, 0.29) is 17.4 Å². The molecule has 0 N–H and O–H groups in total. The second kappa shape index (κ2) is 10.2. The lowest BCUT2D eigenvalue weighted by Gasteiger charge is -2.25. The van der Waals surface area contributed by atoms with Gasteiger partial charge >= 0.3 is 11.9 Å². The van der Waals surface area contributed by atoms with E-state index in [0.29, 0.717) is 24.3 Å². The molecule has 0 spiro atoms. The number of unbranched alkanes of at least 4 members (excludes halogenated alkanes) is 2. The van der Waals surface area contributed by atoms with Crippen molar-refractivity contribution in [2.45, 2.75) is 78.6 Å². The maximum absolute atomic E-state index is 12.7. The fourth-order valence-corrected chi connectivity index (χ4v) is 3.96. The van der Waals surface area contributed by atoms with Crippen LogP contribution in [0.2, 0.25) is 0 Å². The van der Waals surface area contributed by atoms with Crippen molar-refractivity contribution in [2.24, 2.45) is 0 Å². The minimum Gasteiger partial charge on any atom is -0.425 e. The number of hydrogen-bond donors (Lipinski definition) is 0. The Morgan fingerprint density at radius 2 is 1.22 bits per heavy atom. The van der Waals surface area contributed by atoms with E-state index >= 15 is 0 Å². The van der Waals surface area contributed by atoms with E-state index < -0.39 is 0 Å². The third-order valence-electron chi connectivity index (χ3n) is 5.66. The molecule has 0 radical (unpaired) electrons. The van der Waals surface area contributed by atoms with Gasteiger partial charge in [0.2, 0.25) is 0 Å². The molecule has 3 aromatic rings. The molecule has 32 heavy (non-hydrogen) atoms. The van der Waals surface area contributed by atoms with Gasteiger partial charge in [0.25, 0.3) is 0 Å². The van der Waals surface area contributed by atoms with Gasteiger partial charge in [-0.25, -0.2) is 0 Å². The Kier molecular flexibility index (Phi) is 7.55. The van der Waals surface area contributed by atoms with Crippen LogP contribution in [-0.4, -0.2) is 11.9 Å². The summed E-state index contributed by atoms with van der Waals surface area (Å²) < 4.78 is 12.0. The Bertz CT molecular complexity index is 1120. The summed E-state index contributed by atoms with van der Waals surface area (Å²) in [6, 6.07) is 13.7. The van der Waals surface area contributed by atoms with Crippen molar-refractivity contribution in [2.75, 3.05) is 0 Å². The molecule has 0 atom stereocenters. The van der Waals surface area contributed by atoms with E-state index in [2.05, 4.69) is 40.7 Å². The summed E-state index contributed by atoms with van der Waals surface area (Å²) in [5.74, 6) is 0.605. The maximum atomic E-state index is 12.7. The zero-order chi connectivity index (χ0) is 23.3. The van der Waals surface area contributed by atoms with Crippen LogP contribution in [0.4, 0.5) is 0 Å². The average Bonchev–Trinajstić information content (AvgIpc) is 2.77. The Morgan fingerprint density at radius 3 is 1.75 bits per heavy atom. The van der Waals surface area contributed by atoms with Crippen molar-refractivity contribution in [1.82, 2.24) is 0 Å². The number of benzene rings is 3. The number of esters is 2. The number of carbonyl (C=O) groups is 2. The first-order chi connectivity index (χ1) is 15.3. The second-order valence-corrected chi connectivity index (χ2v) is 9.34. The lowest BCUT2D eigenvalue weighted by Crippen LogP contribution is -2.15. The van der Waals surface area contributed by atoms with Crippen LogP contribution in [0.1, 0.15) is 78.7 Å². The molecular formula is C28H34O4. The van der Waals surface area contributed by atoms with Crippen molar-refractivity contribution in [3.05, 3.63) is 48.0 Å². The van der Waals surface area contributed by atoms with E-state index in [1.54, 1.807) is 0 Å². The maximum Gasteiger partial charge on any atom is 0.311 e. The highest BCUT2D eigenvalue weighted by Gasteiger charge is 2.26. The van der Waals surface area contributed by atoms with Gasteiger partial charge in [0.05, 0.1) is 0 Å². The molecule has 0 heterocycles. The molecule has 0 aliphatic heterocycles. The van der Waals surface area contributed by atoms with Crippen molar-refractivity contribution >= 4 is 33.5 Å². The fourth-order valence-electron chi connectivity index (χ4n) is 3.96. The summed E-state index contributed by atoms with van der Waals surface area (Å²) in [5.41, 5.74) is 0.848. The molecular weight excluding hydrogens is 400 g/mol. The largest absolute Gasteiger partial charge is 0.425 e. The Labute approximate surface area is 190 Å². The fraction of sp³-hybridized carbons (Fsp3) is 0.429. The van der Waals surface area contributed by atoms with Gasteiger partial charge in [-0.15, -0.1) is 0 Å². The zero-order valence-electron chi connectivity index (χ0n) is 19.9. The van der Waals surface area contributed by atoms with Gasteiger partial charge in [0.15, 0.2) is 0 Å². The zero-order valence-corrected chi connectivity index (χ0v) is 19.9. The molecule has 4 nitrogen and oxygen atoms in total. The van der Waals surface area contributed by atoms with Crippen LogP contribution in [-0.2, 0) is 15.0 Å². The first kappa shape index (κ1) is 23.8. The van der Waals surface area contributed by atoms with Crippen LogP contribution in [0.15, 0.2) is 42.5 Å². The normalized spacial score (nSPS) is 11.7. The number of carbonyl (C=O) groups excluding carboxylic acids is 2. The first-order valence-corrected chi connectivity index (χ1v) is 11.7. The molecule has 0 unspecified atom stereocenters. The highest BCUT2D eigenvalue weighted by Crippen LogP contribution is 2.46. The molecule has 0 saturated carbocycles. The van der Waals surface area contributed by atoms with E-state index in [4.69, 9.17) is 9.47 Å². The molecule has 0 aliphatic carbocycles. The Morgan fingerprint density at radius 1 is 0.719 bits per heavy atom. The van der Waals surface area contributed by atoms with Crippen LogP contribution < -0.4 is 9.47 Å². The van der Waals surface area contributed by atoms with Crippen molar-refractivity contribution in [3.8, 4) is 11.5 Å². The predicted molar refractivity (Wildman–Crippen MR) is 130 cm³/mol. The quantitative estimate of drug-likeness (QED) is 0.209. The summed E-state index contributed by atoms with van der Waals surface area (Å²) in [4.78, 5) is 25.3. The summed E-state index contributed by atoms with van der Waals surface area (Å²) in [7, 11) is 0. The second-order valence-electron chi connectivity index (χ2n) is 9.34. The lowest BCUT2D eigenvalue weighted by molar-refractivity contribution is -0.135. The van der Waals surface area contributed by atoms with Crippen molar-refractivity contribution < 1.29 is 19.1 Å². The Balaban J connectivity index is 2.32. The minimum atomic E-state index is -0.243. The molecule has 0 amide bonds. The molecule has 4 heteroatoms. The average molecular weight is 435 g/mol. The third kappa shape index (κ3) is 5.12. The topological polar surface area (TPSA) is 52.6 Å². The smallest absolute Gasteiger partial charge is 0.311 e. The molecule has 0 aromatic heterocycles.